The Bertz CT molecular complexity index is 793. The molecule has 0 radical (unpaired) electrons. The molecule has 2 aromatic rings. The lowest BCUT2D eigenvalue weighted by molar-refractivity contribution is -0.122. The van der Waals surface area contributed by atoms with E-state index in [9.17, 15) is 9.59 Å². The largest absolute Gasteiger partial charge is 0.352 e. The zero-order valence-corrected chi connectivity index (χ0v) is 15.2. The molecular weight excluding hydrogens is 322 g/mol. The van der Waals surface area contributed by atoms with Crippen molar-refractivity contribution in [3.63, 3.8) is 0 Å². The zero-order valence-electron chi connectivity index (χ0n) is 14.4. The van der Waals surface area contributed by atoms with Crippen molar-refractivity contribution in [3.05, 3.63) is 27.1 Å². The first-order chi connectivity index (χ1) is 11.6. The van der Waals surface area contributed by atoms with Crippen molar-refractivity contribution in [2.24, 2.45) is 0 Å². The van der Waals surface area contributed by atoms with Crippen molar-refractivity contribution in [1.29, 1.82) is 0 Å². The number of amides is 1. The minimum absolute atomic E-state index is 0.0461. The third kappa shape index (κ3) is 3.53. The molecule has 5 nitrogen and oxygen atoms in total. The number of carbonyl (C=O) groups excluding carboxylic acids is 1. The van der Waals surface area contributed by atoms with Crippen LogP contribution in [0.4, 0.5) is 0 Å². The summed E-state index contributed by atoms with van der Waals surface area (Å²) in [6.45, 7) is 4.23. The maximum Gasteiger partial charge on any atom is 0.262 e. The standard InChI is InChI=1S/C18H25N3O2S/c1-3-4-5-7-12(2)20-15(22)10-21-11-19-17-16(18(21)23)13-8-6-9-14(13)24-17/h11-12H,3-10H2,1-2H3,(H,20,22). The summed E-state index contributed by atoms with van der Waals surface area (Å²) in [5, 5.41) is 3.72. The Hall–Kier alpha value is -1.69. The van der Waals surface area contributed by atoms with Crippen LogP contribution in [-0.4, -0.2) is 21.5 Å². The smallest absolute Gasteiger partial charge is 0.262 e. The summed E-state index contributed by atoms with van der Waals surface area (Å²) in [5.41, 5.74) is 1.09. The first-order valence-electron chi connectivity index (χ1n) is 8.89. The Labute approximate surface area is 146 Å². The van der Waals surface area contributed by atoms with Gasteiger partial charge in [0.25, 0.3) is 5.56 Å². The van der Waals surface area contributed by atoms with Gasteiger partial charge in [-0.3, -0.25) is 14.2 Å². The van der Waals surface area contributed by atoms with Gasteiger partial charge < -0.3 is 5.32 Å². The van der Waals surface area contributed by atoms with E-state index < -0.39 is 0 Å². The molecule has 1 aliphatic rings. The second kappa shape index (κ2) is 7.47. The quantitative estimate of drug-likeness (QED) is 0.783. The van der Waals surface area contributed by atoms with Gasteiger partial charge in [-0.05, 0) is 38.2 Å². The van der Waals surface area contributed by atoms with Crippen LogP contribution in [0.2, 0.25) is 0 Å². The van der Waals surface area contributed by atoms with Gasteiger partial charge in [0.05, 0.1) is 11.7 Å². The minimum atomic E-state index is -0.117. The van der Waals surface area contributed by atoms with Gasteiger partial charge in [-0.25, -0.2) is 4.98 Å². The first kappa shape index (κ1) is 17.1. The summed E-state index contributed by atoms with van der Waals surface area (Å²) in [6, 6.07) is 0.141. The Morgan fingerprint density at radius 2 is 2.25 bits per heavy atom. The molecule has 0 saturated carbocycles. The highest BCUT2D eigenvalue weighted by Gasteiger charge is 2.21. The Morgan fingerprint density at radius 3 is 3.04 bits per heavy atom. The highest BCUT2D eigenvalue weighted by atomic mass is 32.1. The van der Waals surface area contributed by atoms with E-state index in [4.69, 9.17) is 0 Å². The Morgan fingerprint density at radius 1 is 1.42 bits per heavy atom. The molecule has 3 rings (SSSR count). The fraction of sp³-hybridized carbons (Fsp3) is 0.611. The summed E-state index contributed by atoms with van der Waals surface area (Å²) < 4.78 is 1.45. The first-order valence-corrected chi connectivity index (χ1v) is 9.70. The van der Waals surface area contributed by atoms with Gasteiger partial charge in [-0.15, -0.1) is 11.3 Å². The van der Waals surface area contributed by atoms with Crippen molar-refractivity contribution in [3.8, 4) is 0 Å². The van der Waals surface area contributed by atoms with E-state index in [1.807, 2.05) is 6.92 Å². The lowest BCUT2D eigenvalue weighted by atomic mass is 10.1. The molecule has 6 heteroatoms. The maximum absolute atomic E-state index is 12.7. The summed E-state index contributed by atoms with van der Waals surface area (Å²) in [5.74, 6) is -0.117. The average molecular weight is 347 g/mol. The van der Waals surface area contributed by atoms with Crippen LogP contribution < -0.4 is 10.9 Å². The number of thiophene rings is 1. The summed E-state index contributed by atoms with van der Waals surface area (Å²) in [4.78, 5) is 31.5. The van der Waals surface area contributed by atoms with E-state index in [1.54, 1.807) is 11.3 Å². The third-order valence-corrected chi connectivity index (χ3v) is 5.85. The zero-order chi connectivity index (χ0) is 17.1. The number of unbranched alkanes of at least 4 members (excludes halogenated alkanes) is 2. The molecule has 0 bridgehead atoms. The van der Waals surface area contributed by atoms with Crippen molar-refractivity contribution >= 4 is 27.5 Å². The topological polar surface area (TPSA) is 64.0 Å². The minimum Gasteiger partial charge on any atom is -0.352 e. The van der Waals surface area contributed by atoms with Gasteiger partial charge in [0.2, 0.25) is 5.91 Å². The van der Waals surface area contributed by atoms with Gasteiger partial charge in [-0.2, -0.15) is 0 Å². The van der Waals surface area contributed by atoms with Crippen LogP contribution in [-0.2, 0) is 24.2 Å². The molecule has 1 amide bonds. The summed E-state index contributed by atoms with van der Waals surface area (Å²) >= 11 is 1.62. The van der Waals surface area contributed by atoms with E-state index in [0.717, 1.165) is 47.9 Å². The maximum atomic E-state index is 12.7. The molecule has 0 aliphatic heterocycles. The number of rotatable bonds is 7. The molecule has 0 spiro atoms. The van der Waals surface area contributed by atoms with E-state index in [1.165, 1.54) is 28.6 Å². The predicted molar refractivity (Wildman–Crippen MR) is 97.7 cm³/mol. The molecule has 2 aromatic heterocycles. The molecule has 1 N–H and O–H groups in total. The molecule has 24 heavy (non-hydrogen) atoms. The van der Waals surface area contributed by atoms with Crippen LogP contribution in [0.5, 0.6) is 0 Å². The Kier molecular flexibility index (Phi) is 5.33. The summed E-state index contributed by atoms with van der Waals surface area (Å²) in [7, 11) is 0. The van der Waals surface area contributed by atoms with Crippen molar-refractivity contribution < 1.29 is 4.79 Å². The van der Waals surface area contributed by atoms with E-state index in [0.29, 0.717) is 0 Å². The molecule has 1 atom stereocenters. The van der Waals surface area contributed by atoms with Gasteiger partial charge in [-0.1, -0.05) is 26.2 Å². The highest BCUT2D eigenvalue weighted by Crippen LogP contribution is 2.34. The third-order valence-electron chi connectivity index (χ3n) is 4.65. The molecule has 2 heterocycles. The van der Waals surface area contributed by atoms with Crippen molar-refractivity contribution in [1.82, 2.24) is 14.9 Å². The number of aromatic nitrogens is 2. The number of hydrogen-bond acceptors (Lipinski definition) is 4. The Balaban J connectivity index is 1.70. The lowest BCUT2D eigenvalue weighted by Crippen LogP contribution is -2.37. The van der Waals surface area contributed by atoms with E-state index in [2.05, 4.69) is 17.2 Å². The second-order valence-corrected chi connectivity index (χ2v) is 7.76. The lowest BCUT2D eigenvalue weighted by Gasteiger charge is -2.14. The molecule has 0 aromatic carbocycles. The fourth-order valence-corrected chi connectivity index (χ4v) is 4.60. The van der Waals surface area contributed by atoms with Crippen molar-refractivity contribution in [2.45, 2.75) is 71.4 Å². The fourth-order valence-electron chi connectivity index (χ4n) is 3.38. The van der Waals surface area contributed by atoms with Crippen LogP contribution in [0.1, 0.15) is 56.4 Å². The predicted octanol–water partition coefficient (Wildman–Crippen LogP) is 3.03. The molecule has 130 valence electrons. The number of nitrogens with zero attached hydrogens (tertiary/aromatic N) is 2. The normalized spacial score (nSPS) is 14.8. The second-order valence-electron chi connectivity index (χ2n) is 6.68. The van der Waals surface area contributed by atoms with E-state index in [-0.39, 0.29) is 24.1 Å². The summed E-state index contributed by atoms with van der Waals surface area (Å²) in [6.07, 6.45) is 9.08. The van der Waals surface area contributed by atoms with Crippen molar-refractivity contribution in [2.75, 3.05) is 0 Å². The van der Waals surface area contributed by atoms with Crippen LogP contribution in [0, 0.1) is 0 Å². The van der Waals surface area contributed by atoms with Crippen LogP contribution >= 0.6 is 11.3 Å². The number of hydrogen-bond donors (Lipinski definition) is 1. The van der Waals surface area contributed by atoms with Gasteiger partial charge in [0.15, 0.2) is 0 Å². The number of nitrogens with one attached hydrogen (secondary N) is 1. The molecular formula is C18H25N3O2S. The average Bonchev–Trinajstić information content (AvgIpc) is 3.11. The SMILES string of the molecule is CCCCCC(C)NC(=O)Cn1cnc2sc3c(c2c1=O)CCC3. The highest BCUT2D eigenvalue weighted by molar-refractivity contribution is 7.18. The van der Waals surface area contributed by atoms with Gasteiger partial charge in [0.1, 0.15) is 11.4 Å². The number of aryl methyl sites for hydroxylation is 2. The van der Waals surface area contributed by atoms with Crippen LogP contribution in [0.15, 0.2) is 11.1 Å². The molecule has 0 saturated heterocycles. The number of carbonyl (C=O) groups is 1. The van der Waals surface area contributed by atoms with Crippen LogP contribution in [0.3, 0.4) is 0 Å². The van der Waals surface area contributed by atoms with E-state index >= 15 is 0 Å². The van der Waals surface area contributed by atoms with Gasteiger partial charge >= 0.3 is 0 Å². The number of fused-ring (bicyclic) bond motifs is 3. The monoisotopic (exact) mass is 347 g/mol. The van der Waals surface area contributed by atoms with Gasteiger partial charge in [0, 0.05) is 10.9 Å². The molecule has 1 aliphatic carbocycles. The van der Waals surface area contributed by atoms with Crippen LogP contribution in [0.25, 0.3) is 10.2 Å². The molecule has 0 fully saturated rings. The molecule has 1 unspecified atom stereocenters.